The SMILES string of the molecule is CCC(CC)C(CNC(=NC)NCCCNC(=O)c1occc1C)N1CCOCC1. The topological polar surface area (TPSA) is 91.1 Å². The molecule has 1 aliphatic heterocycles. The Labute approximate surface area is 180 Å². The van der Waals surface area contributed by atoms with Crippen LogP contribution in [0.2, 0.25) is 0 Å². The molecule has 1 unspecified atom stereocenters. The van der Waals surface area contributed by atoms with Crippen molar-refractivity contribution in [1.82, 2.24) is 20.9 Å². The summed E-state index contributed by atoms with van der Waals surface area (Å²) in [5.41, 5.74) is 0.850. The van der Waals surface area contributed by atoms with E-state index in [1.54, 1.807) is 13.1 Å². The molecule has 0 aromatic carbocycles. The van der Waals surface area contributed by atoms with E-state index in [2.05, 4.69) is 39.7 Å². The summed E-state index contributed by atoms with van der Waals surface area (Å²) in [5.74, 6) is 1.66. The van der Waals surface area contributed by atoms with Gasteiger partial charge in [0.25, 0.3) is 5.91 Å². The molecule has 0 saturated carbocycles. The molecule has 0 spiro atoms. The molecule has 1 atom stereocenters. The summed E-state index contributed by atoms with van der Waals surface area (Å²) in [6.45, 7) is 12.2. The number of aryl methyl sites for hydroxylation is 1. The van der Waals surface area contributed by atoms with Crippen molar-refractivity contribution >= 4 is 11.9 Å². The molecule has 8 heteroatoms. The summed E-state index contributed by atoms with van der Waals surface area (Å²) in [6.07, 6.45) is 4.67. The molecule has 2 heterocycles. The molecule has 170 valence electrons. The van der Waals surface area contributed by atoms with Gasteiger partial charge < -0.3 is 25.1 Å². The predicted molar refractivity (Wildman–Crippen MR) is 120 cm³/mol. The number of guanidine groups is 1. The van der Waals surface area contributed by atoms with Crippen molar-refractivity contribution < 1.29 is 13.9 Å². The summed E-state index contributed by atoms with van der Waals surface area (Å²) in [4.78, 5) is 19.0. The van der Waals surface area contributed by atoms with E-state index in [4.69, 9.17) is 9.15 Å². The van der Waals surface area contributed by atoms with E-state index >= 15 is 0 Å². The second-order valence-corrected chi connectivity index (χ2v) is 7.71. The van der Waals surface area contributed by atoms with Gasteiger partial charge in [-0.15, -0.1) is 0 Å². The number of carbonyl (C=O) groups is 1. The van der Waals surface area contributed by atoms with Crippen LogP contribution in [0.5, 0.6) is 0 Å². The Balaban J connectivity index is 1.73. The maximum Gasteiger partial charge on any atom is 0.287 e. The minimum atomic E-state index is -0.168. The Bertz CT molecular complexity index is 651. The zero-order chi connectivity index (χ0) is 21.8. The number of hydrogen-bond donors (Lipinski definition) is 3. The van der Waals surface area contributed by atoms with E-state index in [0.29, 0.717) is 24.3 Å². The number of rotatable bonds is 11. The Hall–Kier alpha value is -2.06. The number of furan rings is 1. The van der Waals surface area contributed by atoms with Crippen molar-refractivity contribution in [1.29, 1.82) is 0 Å². The van der Waals surface area contributed by atoms with E-state index < -0.39 is 0 Å². The van der Waals surface area contributed by atoms with E-state index in [0.717, 1.165) is 57.3 Å². The maximum absolute atomic E-state index is 12.1. The molecular weight excluding hydrogens is 382 g/mol. The second kappa shape index (κ2) is 13.3. The standard InChI is InChI=1S/C22H39N5O3/c1-5-18(6-2)19(27-11-14-29-15-12-27)16-26-22(23-4)25-10-7-9-24-21(28)20-17(3)8-13-30-20/h8,13,18-19H,5-7,9-12,14-16H2,1-4H3,(H,24,28)(H2,23,25,26). The van der Waals surface area contributed by atoms with Gasteiger partial charge in [-0.25, -0.2) is 0 Å². The molecule has 0 aliphatic carbocycles. The number of aliphatic imine (C=N–C) groups is 1. The molecule has 2 rings (SSSR count). The van der Waals surface area contributed by atoms with Crippen LogP contribution in [0, 0.1) is 12.8 Å². The lowest BCUT2D eigenvalue weighted by Crippen LogP contribution is -2.53. The molecule has 30 heavy (non-hydrogen) atoms. The highest BCUT2D eigenvalue weighted by Gasteiger charge is 2.27. The number of morpholine rings is 1. The van der Waals surface area contributed by atoms with Crippen LogP contribution in [0.4, 0.5) is 0 Å². The lowest BCUT2D eigenvalue weighted by molar-refractivity contribution is 0.00272. The Morgan fingerprint density at radius 2 is 1.87 bits per heavy atom. The summed E-state index contributed by atoms with van der Waals surface area (Å²) >= 11 is 0. The normalized spacial score (nSPS) is 16.5. The van der Waals surface area contributed by atoms with Crippen molar-refractivity contribution in [2.45, 2.75) is 46.1 Å². The van der Waals surface area contributed by atoms with Crippen molar-refractivity contribution in [2.75, 3.05) is 53.0 Å². The number of carbonyl (C=O) groups excluding carboxylic acids is 1. The van der Waals surface area contributed by atoms with Crippen LogP contribution < -0.4 is 16.0 Å². The van der Waals surface area contributed by atoms with E-state index in [1.807, 2.05) is 6.92 Å². The Morgan fingerprint density at radius 1 is 1.17 bits per heavy atom. The molecule has 1 aromatic heterocycles. The molecule has 1 saturated heterocycles. The number of hydrogen-bond acceptors (Lipinski definition) is 5. The van der Waals surface area contributed by atoms with Crippen LogP contribution in [0.15, 0.2) is 21.7 Å². The first-order chi connectivity index (χ1) is 14.6. The van der Waals surface area contributed by atoms with Crippen molar-refractivity contribution in [3.8, 4) is 0 Å². The molecule has 0 bridgehead atoms. The average molecular weight is 422 g/mol. The summed E-state index contributed by atoms with van der Waals surface area (Å²) in [7, 11) is 1.79. The minimum Gasteiger partial charge on any atom is -0.459 e. The van der Waals surface area contributed by atoms with Crippen molar-refractivity contribution in [3.63, 3.8) is 0 Å². The summed E-state index contributed by atoms with van der Waals surface area (Å²) in [6, 6.07) is 2.26. The monoisotopic (exact) mass is 421 g/mol. The highest BCUT2D eigenvalue weighted by Crippen LogP contribution is 2.19. The van der Waals surface area contributed by atoms with Gasteiger partial charge in [0.05, 0.1) is 19.5 Å². The number of nitrogens with one attached hydrogen (secondary N) is 3. The third kappa shape index (κ3) is 7.32. The van der Waals surface area contributed by atoms with Crippen LogP contribution >= 0.6 is 0 Å². The molecule has 8 nitrogen and oxygen atoms in total. The van der Waals surface area contributed by atoms with Gasteiger partial charge in [0.15, 0.2) is 11.7 Å². The van der Waals surface area contributed by atoms with Crippen LogP contribution in [0.3, 0.4) is 0 Å². The van der Waals surface area contributed by atoms with Gasteiger partial charge in [0.2, 0.25) is 0 Å². The Kier molecular flexibility index (Phi) is 10.7. The highest BCUT2D eigenvalue weighted by molar-refractivity contribution is 5.92. The van der Waals surface area contributed by atoms with Crippen molar-refractivity contribution in [3.05, 3.63) is 23.7 Å². The van der Waals surface area contributed by atoms with Crippen LogP contribution in [0.1, 0.15) is 49.2 Å². The van der Waals surface area contributed by atoms with Crippen LogP contribution in [0.25, 0.3) is 0 Å². The predicted octanol–water partition coefficient (Wildman–Crippen LogP) is 2.01. The van der Waals surface area contributed by atoms with Gasteiger partial charge in [-0.1, -0.05) is 26.7 Å². The molecule has 1 aliphatic rings. The third-order valence-corrected chi connectivity index (χ3v) is 5.81. The summed E-state index contributed by atoms with van der Waals surface area (Å²) in [5, 5.41) is 9.73. The van der Waals surface area contributed by atoms with Crippen molar-refractivity contribution in [2.24, 2.45) is 10.9 Å². The highest BCUT2D eigenvalue weighted by atomic mass is 16.5. The number of ether oxygens (including phenoxy) is 1. The molecule has 3 N–H and O–H groups in total. The zero-order valence-electron chi connectivity index (χ0n) is 19.0. The van der Waals surface area contributed by atoms with Crippen LogP contribution in [-0.4, -0.2) is 75.8 Å². The fourth-order valence-corrected chi connectivity index (χ4v) is 3.94. The van der Waals surface area contributed by atoms with Gasteiger partial charge in [-0.05, 0) is 25.3 Å². The maximum atomic E-state index is 12.1. The first-order valence-electron chi connectivity index (χ1n) is 11.2. The molecule has 0 radical (unpaired) electrons. The zero-order valence-corrected chi connectivity index (χ0v) is 19.0. The quantitative estimate of drug-likeness (QED) is 0.288. The summed E-state index contributed by atoms with van der Waals surface area (Å²) < 4.78 is 10.7. The molecular formula is C22H39N5O3. The van der Waals surface area contributed by atoms with Crippen LogP contribution in [-0.2, 0) is 4.74 Å². The van der Waals surface area contributed by atoms with Gasteiger partial charge in [-0.2, -0.15) is 0 Å². The molecule has 1 aromatic rings. The van der Waals surface area contributed by atoms with E-state index in [-0.39, 0.29) is 5.91 Å². The van der Waals surface area contributed by atoms with E-state index in [1.165, 1.54) is 19.1 Å². The minimum absolute atomic E-state index is 0.168. The Morgan fingerprint density at radius 3 is 2.47 bits per heavy atom. The fraction of sp³-hybridized carbons (Fsp3) is 0.727. The lowest BCUT2D eigenvalue weighted by Gasteiger charge is -2.39. The van der Waals surface area contributed by atoms with Gasteiger partial charge in [0.1, 0.15) is 0 Å². The van der Waals surface area contributed by atoms with E-state index in [9.17, 15) is 4.79 Å². The van der Waals surface area contributed by atoms with Gasteiger partial charge in [-0.3, -0.25) is 14.7 Å². The molecule has 1 amide bonds. The molecule has 1 fully saturated rings. The number of nitrogens with zero attached hydrogens (tertiary/aromatic N) is 2. The van der Waals surface area contributed by atoms with Gasteiger partial charge >= 0.3 is 0 Å². The average Bonchev–Trinajstić information content (AvgIpc) is 3.21. The lowest BCUT2D eigenvalue weighted by atomic mass is 9.92. The third-order valence-electron chi connectivity index (χ3n) is 5.81. The fourth-order valence-electron chi connectivity index (χ4n) is 3.94. The first-order valence-corrected chi connectivity index (χ1v) is 11.2. The number of amides is 1. The van der Waals surface area contributed by atoms with Gasteiger partial charge in [0, 0.05) is 51.4 Å². The second-order valence-electron chi connectivity index (χ2n) is 7.71. The largest absolute Gasteiger partial charge is 0.459 e. The smallest absolute Gasteiger partial charge is 0.287 e. The first kappa shape index (κ1) is 24.2.